The molecule has 0 amide bonds. The monoisotopic (exact) mass is 710 g/mol. The van der Waals surface area contributed by atoms with E-state index in [4.69, 9.17) is 0 Å². The molecule has 0 N–H and O–H groups in total. The van der Waals surface area contributed by atoms with Gasteiger partial charge in [-0.05, 0) is 0 Å². The number of hydrogen-bond acceptors (Lipinski definition) is 0. The predicted molar refractivity (Wildman–Crippen MR) is 55.4 cm³/mol. The third-order valence-corrected chi connectivity index (χ3v) is 0. The maximum absolute atomic E-state index is 10.8. The number of halogens is 24. The van der Waals surface area contributed by atoms with Crippen LogP contribution in [0.3, 0.4) is 0 Å². The topological polar surface area (TPSA) is 0 Å². The van der Waals surface area contributed by atoms with E-state index < -0.39 is 34.5 Å². The summed E-state index contributed by atoms with van der Waals surface area (Å²) in [6.07, 6.45) is 0. The molecule has 0 spiro atoms. The fourth-order valence-electron chi connectivity index (χ4n) is 0. The van der Waals surface area contributed by atoms with Gasteiger partial charge >= 0.3 is 298 Å². The fraction of sp³-hybridized carbons (Fsp3) is 0. The van der Waals surface area contributed by atoms with E-state index in [1.807, 2.05) is 0 Å². The van der Waals surface area contributed by atoms with Gasteiger partial charge < -0.3 is 0 Å². The molecule has 0 bridgehead atoms. The zero-order valence-electron chi connectivity index (χ0n) is 16.6. The number of hydrogen-bond donors (Lipinski definition) is 0. The summed E-state index contributed by atoms with van der Waals surface area (Å²) < 4.78 is 237. The Balaban J connectivity index is -0.0000000267. The molecule has 0 aromatic heterocycles. The smallest absolute Gasteiger partial charge is 1.00 e. The molecular formula is AlF24Na5Si4. The van der Waals surface area contributed by atoms with E-state index >= 15 is 0 Å². The molecule has 0 heterocycles. The molecule has 34 heteroatoms. The predicted octanol–water partition coefficient (Wildman–Crippen LogP) is -6.80. The first-order chi connectivity index (χ1) is 9.80. The Morgan fingerprint density at radius 2 is 0.176 bits per heavy atom. The fourth-order valence-corrected chi connectivity index (χ4v) is 0. The maximum Gasteiger partial charge on any atom is 3.00 e. The second-order valence-electron chi connectivity index (χ2n) is 4.29. The van der Waals surface area contributed by atoms with Crippen molar-refractivity contribution in [2.45, 2.75) is 0 Å². The van der Waals surface area contributed by atoms with Gasteiger partial charge in [0, 0.05) is 0 Å². The van der Waals surface area contributed by atoms with Crippen molar-refractivity contribution in [2.24, 2.45) is 0 Å². The quantitative estimate of drug-likeness (QED) is 0.134. The molecule has 0 aliphatic heterocycles. The van der Waals surface area contributed by atoms with Crippen molar-refractivity contribution in [3.05, 3.63) is 0 Å². The van der Waals surface area contributed by atoms with Gasteiger partial charge in [0.1, 0.15) is 0 Å². The van der Waals surface area contributed by atoms with Crippen molar-refractivity contribution in [3.63, 3.8) is 0 Å². The van der Waals surface area contributed by atoms with Crippen LogP contribution in [0, 0.1) is 0 Å². The van der Waals surface area contributed by atoms with Crippen LogP contribution in [0.1, 0.15) is 0 Å². The van der Waals surface area contributed by atoms with Gasteiger partial charge in [0.2, 0.25) is 0 Å². The minimum absolute atomic E-state index is 0. The summed E-state index contributed by atoms with van der Waals surface area (Å²) in [7, 11) is -43.4. The van der Waals surface area contributed by atoms with Gasteiger partial charge in [0.05, 0.1) is 0 Å². The second-order valence-corrected chi connectivity index (χ2v) is 12.9. The van der Waals surface area contributed by atoms with Crippen LogP contribution in [0.5, 0.6) is 0 Å². The van der Waals surface area contributed by atoms with E-state index in [2.05, 4.69) is 0 Å². The van der Waals surface area contributed by atoms with Crippen LogP contribution >= 0.6 is 0 Å². The Morgan fingerprint density at radius 1 is 0.176 bits per heavy atom. The summed E-state index contributed by atoms with van der Waals surface area (Å²) in [5.41, 5.74) is 0. The molecule has 0 saturated carbocycles. The molecule has 0 nitrogen and oxygen atoms in total. The molecule has 0 aromatic rings. The van der Waals surface area contributed by atoms with Gasteiger partial charge in [-0.1, -0.05) is 0 Å². The molecule has 192 valence electrons. The Hall–Kier alpha value is 4.72. The van der Waals surface area contributed by atoms with Gasteiger partial charge in [0.25, 0.3) is 0 Å². The molecule has 0 atom stereocenters. The van der Waals surface area contributed by atoms with E-state index in [1.54, 1.807) is 0 Å². The van der Waals surface area contributed by atoms with Crippen molar-refractivity contribution >= 4 is 51.9 Å². The van der Waals surface area contributed by atoms with Gasteiger partial charge in [-0.15, -0.1) is 0 Å². The van der Waals surface area contributed by atoms with E-state index in [0.29, 0.717) is 0 Å². The first-order valence-corrected chi connectivity index (χ1v) is 13.6. The summed E-state index contributed by atoms with van der Waals surface area (Å²) in [6, 6.07) is 0. The third-order valence-electron chi connectivity index (χ3n) is 0. The summed E-state index contributed by atoms with van der Waals surface area (Å²) in [6.45, 7) is 0. The SMILES string of the molecule is F[Si-2](F)(F)(F)(F)F.F[Si-2](F)(F)(F)(F)F.F[Si-2](F)(F)(F)(F)F.F[Si-2](F)(F)(F)(F)F.[Al+3].[Na+].[Na+].[Na+].[Na+].[Na+]. The summed E-state index contributed by atoms with van der Waals surface area (Å²) in [5, 5.41) is 0. The standard InChI is InChI=1S/Al.4F6Si.5Na/c;4*1-7(2,3,4,5)6;;;;;/q+3;4*-2;5*+1. The molecule has 0 radical (unpaired) electrons. The van der Waals surface area contributed by atoms with Crippen molar-refractivity contribution in [2.75, 3.05) is 0 Å². The average Bonchev–Trinajstić information content (AvgIpc) is 1.39. The van der Waals surface area contributed by atoms with Crippen LogP contribution in [0.2, 0.25) is 0 Å². The van der Waals surface area contributed by atoms with Crippen LogP contribution in [-0.2, 0) is 0 Å². The summed E-state index contributed by atoms with van der Waals surface area (Å²) >= 11 is 0. The molecule has 0 aromatic carbocycles. The first-order valence-electron chi connectivity index (χ1n) is 4.54. The van der Waals surface area contributed by atoms with Crippen LogP contribution in [0.4, 0.5) is 98.6 Å². The molecule has 0 rings (SSSR count). The molecule has 0 aliphatic rings. The van der Waals surface area contributed by atoms with E-state index in [9.17, 15) is 98.6 Å². The van der Waals surface area contributed by atoms with E-state index in [1.165, 1.54) is 0 Å². The normalized spacial score (nSPS) is 19.1. The zero-order chi connectivity index (χ0) is 25.6. The summed E-state index contributed by atoms with van der Waals surface area (Å²) in [4.78, 5) is 0. The Morgan fingerprint density at radius 3 is 0.176 bits per heavy atom. The van der Waals surface area contributed by atoms with Crippen LogP contribution in [0.15, 0.2) is 0 Å². The zero-order valence-corrected chi connectivity index (χ0v) is 31.8. The van der Waals surface area contributed by atoms with Crippen LogP contribution in [-0.4, -0.2) is 51.9 Å². The van der Waals surface area contributed by atoms with E-state index in [-0.39, 0.29) is 165 Å². The average molecular weight is 710 g/mol. The Bertz CT molecular complexity index is 398. The van der Waals surface area contributed by atoms with Crippen molar-refractivity contribution < 1.29 is 246 Å². The summed E-state index contributed by atoms with van der Waals surface area (Å²) in [5.74, 6) is 0. The minimum atomic E-state index is -10.8. The van der Waals surface area contributed by atoms with Gasteiger partial charge in [-0.25, -0.2) is 0 Å². The Labute approximate surface area is 293 Å². The van der Waals surface area contributed by atoms with Gasteiger partial charge in [0.15, 0.2) is 0 Å². The molecular weight excluding hydrogens is 710 g/mol. The van der Waals surface area contributed by atoms with Crippen molar-refractivity contribution in [1.29, 1.82) is 0 Å². The first kappa shape index (κ1) is 66.8. The molecule has 34 heavy (non-hydrogen) atoms. The molecule has 0 unspecified atom stereocenters. The van der Waals surface area contributed by atoms with Gasteiger partial charge in [-0.3, -0.25) is 0 Å². The van der Waals surface area contributed by atoms with Crippen LogP contribution < -0.4 is 148 Å². The van der Waals surface area contributed by atoms with E-state index in [0.717, 1.165) is 0 Å². The molecule has 0 aliphatic carbocycles. The third kappa shape index (κ3) is 2100. The van der Waals surface area contributed by atoms with Crippen LogP contribution in [0.25, 0.3) is 0 Å². The van der Waals surface area contributed by atoms with Crippen molar-refractivity contribution in [3.8, 4) is 0 Å². The number of rotatable bonds is 0. The second kappa shape index (κ2) is 12.1. The molecule has 0 saturated heterocycles. The van der Waals surface area contributed by atoms with Crippen molar-refractivity contribution in [1.82, 2.24) is 0 Å². The minimum Gasteiger partial charge on any atom is 1.00 e. The molecule has 0 fully saturated rings. The van der Waals surface area contributed by atoms with Gasteiger partial charge in [-0.2, -0.15) is 0 Å². The Kier molecular flexibility index (Phi) is 23.9. The largest absolute Gasteiger partial charge is 3.00 e. The maximum atomic E-state index is 9.88.